The van der Waals surface area contributed by atoms with Gasteiger partial charge in [-0.05, 0) is 49.4 Å². The van der Waals surface area contributed by atoms with Crippen LogP contribution < -0.4 is 15.6 Å². The molecule has 4 aromatic rings. The predicted octanol–water partition coefficient (Wildman–Crippen LogP) is 3.02. The summed E-state index contributed by atoms with van der Waals surface area (Å²) in [6.07, 6.45) is 0.665. The molecule has 2 amide bonds. The molecule has 0 unspecified atom stereocenters. The second-order valence-corrected chi connectivity index (χ2v) is 7.06. The van der Waals surface area contributed by atoms with Crippen molar-refractivity contribution in [1.29, 1.82) is 0 Å². The van der Waals surface area contributed by atoms with Crippen molar-refractivity contribution in [3.05, 3.63) is 95.8 Å². The second kappa shape index (κ2) is 9.13. The lowest BCUT2D eigenvalue weighted by Gasteiger charge is -2.15. The molecule has 0 saturated heterocycles. The normalized spacial score (nSPS) is 11.5. The van der Waals surface area contributed by atoms with Crippen LogP contribution in [0.4, 0.5) is 0 Å². The van der Waals surface area contributed by atoms with E-state index in [2.05, 4.69) is 20.8 Å². The molecule has 0 saturated carbocycles. The Morgan fingerprint density at radius 1 is 0.875 bits per heavy atom. The Morgan fingerprint density at radius 3 is 2.31 bits per heavy atom. The lowest BCUT2D eigenvalue weighted by molar-refractivity contribution is -0.128. The van der Waals surface area contributed by atoms with Crippen LogP contribution in [0.5, 0.6) is 5.75 Å². The van der Waals surface area contributed by atoms with Crippen molar-refractivity contribution >= 4 is 28.6 Å². The number of nitrogens with zero attached hydrogens (tertiary/aromatic N) is 1. The number of aromatic amines is 1. The highest BCUT2D eigenvalue weighted by molar-refractivity contribution is 6.09. The van der Waals surface area contributed by atoms with Gasteiger partial charge in [-0.25, -0.2) is 4.98 Å². The van der Waals surface area contributed by atoms with E-state index in [9.17, 15) is 14.4 Å². The van der Waals surface area contributed by atoms with Gasteiger partial charge in [-0.1, -0.05) is 30.3 Å². The Morgan fingerprint density at radius 2 is 1.56 bits per heavy atom. The zero-order valence-corrected chi connectivity index (χ0v) is 17.2. The number of H-pyrrole nitrogens is 1. The fraction of sp³-hybridized carbons (Fsp3) is 0.0833. The monoisotopic (exact) mass is 428 g/mol. The van der Waals surface area contributed by atoms with Crippen LogP contribution in [0, 0.1) is 0 Å². The predicted molar refractivity (Wildman–Crippen MR) is 118 cm³/mol. The van der Waals surface area contributed by atoms with E-state index in [1.807, 2.05) is 6.07 Å². The molecule has 3 N–H and O–H groups in total. The number of carbonyl (C=O) groups excluding carboxylic acids is 3. The number of fused-ring (bicyclic) bond motifs is 1. The van der Waals surface area contributed by atoms with Crippen molar-refractivity contribution in [1.82, 2.24) is 20.8 Å². The maximum absolute atomic E-state index is 12.5. The van der Waals surface area contributed by atoms with Crippen molar-refractivity contribution in [3.63, 3.8) is 0 Å². The summed E-state index contributed by atoms with van der Waals surface area (Å²) in [5, 5.41) is 0. The minimum Gasteiger partial charge on any atom is -0.481 e. The first-order chi connectivity index (χ1) is 15.5. The Bertz CT molecular complexity index is 1270. The third kappa shape index (κ3) is 4.65. The van der Waals surface area contributed by atoms with E-state index in [0.29, 0.717) is 22.4 Å². The third-order valence-electron chi connectivity index (χ3n) is 4.82. The molecule has 0 radical (unpaired) electrons. The van der Waals surface area contributed by atoms with E-state index in [1.54, 1.807) is 73.7 Å². The van der Waals surface area contributed by atoms with Crippen molar-refractivity contribution in [3.8, 4) is 5.75 Å². The Balaban J connectivity index is 1.31. The minimum absolute atomic E-state index is 0.0982. The standard InChI is InChI=1S/C24H20N4O4/c1-15(23(30)27-28-24(31)18-9-12-20-21(13-18)26-14-25-20)32-19-10-7-17(8-11-19)22(29)16-5-3-2-4-6-16/h2-15H,1H3,(H,25,26)(H,27,30)(H,28,31)/t15-/m0/s1. The average molecular weight is 428 g/mol. The van der Waals surface area contributed by atoms with E-state index in [1.165, 1.54) is 6.33 Å². The van der Waals surface area contributed by atoms with Gasteiger partial charge in [-0.2, -0.15) is 0 Å². The molecule has 32 heavy (non-hydrogen) atoms. The topological polar surface area (TPSA) is 113 Å². The van der Waals surface area contributed by atoms with Gasteiger partial charge in [0.1, 0.15) is 5.75 Å². The van der Waals surface area contributed by atoms with E-state index < -0.39 is 17.9 Å². The van der Waals surface area contributed by atoms with Crippen LogP contribution in [-0.2, 0) is 4.79 Å². The summed E-state index contributed by atoms with van der Waals surface area (Å²) in [6.45, 7) is 1.56. The largest absolute Gasteiger partial charge is 0.481 e. The van der Waals surface area contributed by atoms with Crippen LogP contribution in [0.25, 0.3) is 11.0 Å². The molecule has 1 aromatic heterocycles. The van der Waals surface area contributed by atoms with Crippen LogP contribution in [-0.4, -0.2) is 33.7 Å². The fourth-order valence-corrected chi connectivity index (χ4v) is 3.07. The van der Waals surface area contributed by atoms with Gasteiger partial charge in [0.15, 0.2) is 11.9 Å². The summed E-state index contributed by atoms with van der Waals surface area (Å²) in [5.74, 6) is -0.663. The first-order valence-corrected chi connectivity index (χ1v) is 9.91. The van der Waals surface area contributed by atoms with Gasteiger partial charge in [-0.3, -0.25) is 25.2 Å². The number of hydrogen-bond acceptors (Lipinski definition) is 5. The Labute approximate surface area is 183 Å². The molecule has 8 nitrogen and oxygen atoms in total. The first-order valence-electron chi connectivity index (χ1n) is 9.91. The van der Waals surface area contributed by atoms with E-state index in [-0.39, 0.29) is 5.78 Å². The van der Waals surface area contributed by atoms with Crippen LogP contribution in [0.15, 0.2) is 79.1 Å². The van der Waals surface area contributed by atoms with Gasteiger partial charge >= 0.3 is 0 Å². The molecule has 0 spiro atoms. The number of rotatable bonds is 6. The maximum Gasteiger partial charge on any atom is 0.279 e. The number of hydrazine groups is 1. The van der Waals surface area contributed by atoms with Crippen molar-refractivity contribution < 1.29 is 19.1 Å². The molecule has 1 heterocycles. The van der Waals surface area contributed by atoms with Gasteiger partial charge in [0.25, 0.3) is 11.8 Å². The Kier molecular flexibility index (Phi) is 5.94. The number of amides is 2. The minimum atomic E-state index is -0.874. The van der Waals surface area contributed by atoms with Crippen LogP contribution in [0.1, 0.15) is 33.2 Å². The average Bonchev–Trinajstić information content (AvgIpc) is 3.31. The number of carbonyl (C=O) groups is 3. The summed E-state index contributed by atoms with van der Waals surface area (Å²) in [7, 11) is 0. The van der Waals surface area contributed by atoms with Crippen molar-refractivity contribution in [2.24, 2.45) is 0 Å². The van der Waals surface area contributed by atoms with Crippen molar-refractivity contribution in [2.45, 2.75) is 13.0 Å². The molecule has 0 aliphatic rings. The zero-order valence-electron chi connectivity index (χ0n) is 17.2. The van der Waals surface area contributed by atoms with Crippen molar-refractivity contribution in [2.75, 3.05) is 0 Å². The highest BCUT2D eigenvalue weighted by Crippen LogP contribution is 2.17. The van der Waals surface area contributed by atoms with E-state index >= 15 is 0 Å². The molecule has 8 heteroatoms. The molecule has 160 valence electrons. The number of nitrogens with one attached hydrogen (secondary N) is 3. The molecular weight excluding hydrogens is 408 g/mol. The summed E-state index contributed by atoms with van der Waals surface area (Å²) in [5.41, 5.74) is 7.65. The van der Waals surface area contributed by atoms with Gasteiger partial charge in [0.2, 0.25) is 0 Å². The zero-order chi connectivity index (χ0) is 22.5. The molecule has 0 fully saturated rings. The number of ether oxygens (including phenoxy) is 1. The van der Waals surface area contributed by atoms with Crippen LogP contribution >= 0.6 is 0 Å². The van der Waals surface area contributed by atoms with Gasteiger partial charge in [-0.15, -0.1) is 0 Å². The molecule has 0 aliphatic heterocycles. The second-order valence-electron chi connectivity index (χ2n) is 7.06. The molecule has 0 bridgehead atoms. The van der Waals surface area contributed by atoms with Gasteiger partial charge in [0.05, 0.1) is 17.4 Å². The number of benzene rings is 3. The van der Waals surface area contributed by atoms with Gasteiger partial charge < -0.3 is 9.72 Å². The molecule has 4 rings (SSSR count). The number of imidazole rings is 1. The lowest BCUT2D eigenvalue weighted by Crippen LogP contribution is -2.47. The number of aromatic nitrogens is 2. The fourth-order valence-electron chi connectivity index (χ4n) is 3.07. The smallest absolute Gasteiger partial charge is 0.279 e. The highest BCUT2D eigenvalue weighted by Gasteiger charge is 2.17. The molecule has 1 atom stereocenters. The Hall–Kier alpha value is -4.46. The first kappa shape index (κ1) is 20.8. The highest BCUT2D eigenvalue weighted by atomic mass is 16.5. The molecule has 3 aromatic carbocycles. The third-order valence-corrected chi connectivity index (χ3v) is 4.82. The quantitative estimate of drug-likeness (QED) is 0.323. The summed E-state index contributed by atoms with van der Waals surface area (Å²) >= 11 is 0. The summed E-state index contributed by atoms with van der Waals surface area (Å²) in [4.78, 5) is 44.1. The van der Waals surface area contributed by atoms with Crippen LogP contribution in [0.3, 0.4) is 0 Å². The molecule has 0 aliphatic carbocycles. The van der Waals surface area contributed by atoms with E-state index in [4.69, 9.17) is 4.74 Å². The number of hydrogen-bond donors (Lipinski definition) is 3. The van der Waals surface area contributed by atoms with Gasteiger partial charge in [0, 0.05) is 16.7 Å². The van der Waals surface area contributed by atoms with Crippen LogP contribution in [0.2, 0.25) is 0 Å². The summed E-state index contributed by atoms with van der Waals surface area (Å²) in [6, 6.07) is 20.5. The molecular formula is C24H20N4O4. The number of ketones is 1. The van der Waals surface area contributed by atoms with E-state index in [0.717, 1.165) is 11.0 Å². The lowest BCUT2D eigenvalue weighted by atomic mass is 10.0. The SMILES string of the molecule is C[C@H](Oc1ccc(C(=O)c2ccccc2)cc1)C(=O)NNC(=O)c1ccc2nc[nH]c2c1. The summed E-state index contributed by atoms with van der Waals surface area (Å²) < 4.78 is 5.61. The maximum atomic E-state index is 12.5.